The summed E-state index contributed by atoms with van der Waals surface area (Å²) in [5, 5.41) is 10.5. The van der Waals surface area contributed by atoms with Crippen LogP contribution in [0, 0.1) is 5.92 Å². The van der Waals surface area contributed by atoms with Crippen LogP contribution in [0.3, 0.4) is 0 Å². The van der Waals surface area contributed by atoms with E-state index in [0.717, 1.165) is 10.6 Å². The Labute approximate surface area is 206 Å². The molecule has 1 N–H and O–H groups in total. The standard InChI is InChI=1S/C26H25F2N5O3/c27-26(28,19-4-2-1-3-5-19)25(35)32-13-11-23(17-32)36-22-8-6-20(7-9-22)31-24(34)18-15-33(16-18)21-10-12-29-30-14-21/h1-10,12,14,18,23H,11,13,15-17H2,(H,31,34)/t23-/m1/s1. The van der Waals surface area contributed by atoms with E-state index in [1.54, 1.807) is 42.7 Å². The van der Waals surface area contributed by atoms with Gasteiger partial charge < -0.3 is 19.9 Å². The number of nitrogens with one attached hydrogen (secondary N) is 1. The molecule has 0 spiro atoms. The van der Waals surface area contributed by atoms with Crippen LogP contribution in [0.4, 0.5) is 20.2 Å². The summed E-state index contributed by atoms with van der Waals surface area (Å²) in [7, 11) is 0. The largest absolute Gasteiger partial charge is 0.489 e. The smallest absolute Gasteiger partial charge is 0.349 e. The molecule has 3 aromatic rings. The number of halogens is 2. The second kappa shape index (κ2) is 9.88. The van der Waals surface area contributed by atoms with Gasteiger partial charge in [-0.3, -0.25) is 9.59 Å². The van der Waals surface area contributed by atoms with Crippen LogP contribution < -0.4 is 15.0 Å². The number of likely N-dealkylation sites (tertiary alicyclic amines) is 1. The van der Waals surface area contributed by atoms with E-state index >= 15 is 0 Å². The second-order valence-electron chi connectivity index (χ2n) is 8.94. The molecule has 0 bridgehead atoms. The van der Waals surface area contributed by atoms with Gasteiger partial charge in [-0.15, -0.1) is 0 Å². The van der Waals surface area contributed by atoms with Crippen molar-refractivity contribution in [3.8, 4) is 5.75 Å². The Morgan fingerprint density at radius 3 is 2.42 bits per heavy atom. The van der Waals surface area contributed by atoms with Gasteiger partial charge in [-0.05, 0) is 30.3 Å². The van der Waals surface area contributed by atoms with Crippen molar-refractivity contribution in [2.24, 2.45) is 5.92 Å². The summed E-state index contributed by atoms with van der Waals surface area (Å²) in [5.74, 6) is -4.44. The van der Waals surface area contributed by atoms with E-state index in [9.17, 15) is 18.4 Å². The number of benzene rings is 2. The highest BCUT2D eigenvalue weighted by atomic mass is 19.3. The van der Waals surface area contributed by atoms with Crippen LogP contribution in [0.15, 0.2) is 73.1 Å². The molecule has 0 aliphatic carbocycles. The minimum absolute atomic E-state index is 0.0637. The van der Waals surface area contributed by atoms with E-state index in [0.29, 0.717) is 30.9 Å². The summed E-state index contributed by atoms with van der Waals surface area (Å²) in [6.45, 7) is 1.51. The number of hydrogen-bond donors (Lipinski definition) is 1. The van der Waals surface area contributed by atoms with E-state index in [1.165, 1.54) is 24.3 Å². The van der Waals surface area contributed by atoms with Crippen molar-refractivity contribution in [2.45, 2.75) is 18.4 Å². The molecule has 1 aromatic heterocycles. The Kier molecular flexibility index (Phi) is 6.49. The summed E-state index contributed by atoms with van der Waals surface area (Å²) in [4.78, 5) is 28.2. The van der Waals surface area contributed by atoms with Gasteiger partial charge in [-0.1, -0.05) is 30.3 Å². The van der Waals surface area contributed by atoms with Gasteiger partial charge in [0.2, 0.25) is 5.91 Å². The van der Waals surface area contributed by atoms with E-state index in [-0.39, 0.29) is 36.6 Å². The Morgan fingerprint density at radius 1 is 0.972 bits per heavy atom. The summed E-state index contributed by atoms with van der Waals surface area (Å²) in [5.41, 5.74) is 1.26. The van der Waals surface area contributed by atoms with Gasteiger partial charge in [0, 0.05) is 37.3 Å². The summed E-state index contributed by atoms with van der Waals surface area (Å²) >= 11 is 0. The number of amides is 2. The summed E-state index contributed by atoms with van der Waals surface area (Å²) in [6, 6.07) is 15.9. The molecule has 0 unspecified atom stereocenters. The lowest BCUT2D eigenvalue weighted by Gasteiger charge is -2.39. The molecule has 1 atom stereocenters. The van der Waals surface area contributed by atoms with Crippen molar-refractivity contribution >= 4 is 23.2 Å². The zero-order valence-electron chi connectivity index (χ0n) is 19.4. The molecule has 8 nitrogen and oxygen atoms in total. The Morgan fingerprint density at radius 2 is 1.72 bits per heavy atom. The lowest BCUT2D eigenvalue weighted by molar-refractivity contribution is -0.158. The van der Waals surface area contributed by atoms with Crippen LogP contribution in [0.5, 0.6) is 5.75 Å². The molecule has 2 fully saturated rings. The first-order chi connectivity index (χ1) is 17.4. The number of ether oxygens (including phenoxy) is 1. The first-order valence-electron chi connectivity index (χ1n) is 11.7. The minimum Gasteiger partial charge on any atom is -0.489 e. The molecule has 2 saturated heterocycles. The molecule has 2 aliphatic heterocycles. The normalized spacial score (nSPS) is 18.0. The molecular weight excluding hydrogens is 468 g/mol. The van der Waals surface area contributed by atoms with Gasteiger partial charge in [0.05, 0.1) is 30.5 Å². The van der Waals surface area contributed by atoms with Crippen molar-refractivity contribution < 1.29 is 23.1 Å². The number of carbonyl (C=O) groups excluding carboxylic acids is 2. The molecule has 3 heterocycles. The van der Waals surface area contributed by atoms with Crippen molar-refractivity contribution in [3.63, 3.8) is 0 Å². The predicted octanol–water partition coefficient (Wildman–Crippen LogP) is 3.32. The maximum atomic E-state index is 14.6. The lowest BCUT2D eigenvalue weighted by Crippen LogP contribution is -2.52. The van der Waals surface area contributed by atoms with Gasteiger partial charge in [0.25, 0.3) is 5.91 Å². The molecule has 36 heavy (non-hydrogen) atoms. The van der Waals surface area contributed by atoms with Gasteiger partial charge in [0.1, 0.15) is 11.9 Å². The Bertz CT molecular complexity index is 1210. The number of alkyl halides is 2. The fourth-order valence-corrected chi connectivity index (χ4v) is 4.36. The molecule has 2 amide bonds. The summed E-state index contributed by atoms with van der Waals surface area (Å²) < 4.78 is 35.2. The number of anilines is 2. The predicted molar refractivity (Wildman–Crippen MR) is 129 cm³/mol. The monoisotopic (exact) mass is 493 g/mol. The van der Waals surface area contributed by atoms with Crippen LogP contribution in [-0.4, -0.2) is 59.2 Å². The summed E-state index contributed by atoms with van der Waals surface area (Å²) in [6.07, 6.45) is 3.36. The number of aromatic nitrogens is 2. The van der Waals surface area contributed by atoms with Crippen LogP contribution >= 0.6 is 0 Å². The zero-order chi connectivity index (χ0) is 25.1. The Balaban J connectivity index is 1.10. The molecule has 5 rings (SSSR count). The number of carbonyl (C=O) groups is 2. The SMILES string of the molecule is O=C(Nc1ccc(O[C@@H]2CCN(C(=O)C(F)(F)c3ccccc3)C2)cc1)C1CN(c2ccnnc2)C1. The molecule has 10 heteroatoms. The maximum Gasteiger partial charge on any atom is 0.349 e. The first-order valence-corrected chi connectivity index (χ1v) is 11.7. The van der Waals surface area contributed by atoms with E-state index in [4.69, 9.17) is 4.74 Å². The highest BCUT2D eigenvalue weighted by Gasteiger charge is 2.45. The Hall–Kier alpha value is -4.08. The minimum atomic E-state index is -3.58. The van der Waals surface area contributed by atoms with Crippen molar-refractivity contribution in [2.75, 3.05) is 36.4 Å². The molecule has 0 saturated carbocycles. The van der Waals surface area contributed by atoms with Crippen LogP contribution in [0.2, 0.25) is 0 Å². The third-order valence-corrected chi connectivity index (χ3v) is 6.45. The van der Waals surface area contributed by atoms with Gasteiger partial charge in [-0.2, -0.15) is 19.0 Å². The van der Waals surface area contributed by atoms with Crippen LogP contribution in [-0.2, 0) is 15.5 Å². The highest BCUT2D eigenvalue weighted by molar-refractivity contribution is 5.94. The van der Waals surface area contributed by atoms with Crippen molar-refractivity contribution in [1.82, 2.24) is 15.1 Å². The quantitative estimate of drug-likeness (QED) is 0.544. The van der Waals surface area contributed by atoms with Crippen molar-refractivity contribution in [1.29, 1.82) is 0 Å². The first kappa shape index (κ1) is 23.7. The number of hydrogen-bond acceptors (Lipinski definition) is 6. The molecule has 0 radical (unpaired) electrons. The van der Waals surface area contributed by atoms with Crippen LogP contribution in [0.25, 0.3) is 0 Å². The van der Waals surface area contributed by atoms with E-state index in [2.05, 4.69) is 20.4 Å². The number of rotatable bonds is 7. The second-order valence-corrected chi connectivity index (χ2v) is 8.94. The fraction of sp³-hybridized carbons (Fsp3) is 0.308. The molecule has 2 aromatic carbocycles. The van der Waals surface area contributed by atoms with E-state index < -0.39 is 11.8 Å². The topological polar surface area (TPSA) is 87.7 Å². The van der Waals surface area contributed by atoms with Gasteiger partial charge in [0.15, 0.2) is 0 Å². The van der Waals surface area contributed by atoms with Crippen molar-refractivity contribution in [3.05, 3.63) is 78.6 Å². The van der Waals surface area contributed by atoms with Gasteiger partial charge >= 0.3 is 5.92 Å². The molecule has 2 aliphatic rings. The van der Waals surface area contributed by atoms with Crippen LogP contribution in [0.1, 0.15) is 12.0 Å². The maximum absolute atomic E-state index is 14.6. The highest BCUT2D eigenvalue weighted by Crippen LogP contribution is 2.32. The molecular formula is C26H25F2N5O3. The average molecular weight is 494 g/mol. The fourth-order valence-electron chi connectivity index (χ4n) is 4.36. The third-order valence-electron chi connectivity index (χ3n) is 6.45. The third kappa shape index (κ3) is 4.98. The number of nitrogens with zero attached hydrogens (tertiary/aromatic N) is 4. The van der Waals surface area contributed by atoms with Gasteiger partial charge in [-0.25, -0.2) is 0 Å². The molecule has 186 valence electrons. The lowest BCUT2D eigenvalue weighted by atomic mass is 9.98. The zero-order valence-corrected chi connectivity index (χ0v) is 19.4. The average Bonchev–Trinajstić information content (AvgIpc) is 3.33. The van der Waals surface area contributed by atoms with E-state index in [1.807, 2.05) is 6.07 Å².